The molecule has 0 aromatic heterocycles. The molecule has 1 fully saturated rings. The van der Waals surface area contributed by atoms with Crippen LogP contribution in [0.25, 0.3) is 0 Å². The van der Waals surface area contributed by atoms with Crippen LogP contribution in [0.2, 0.25) is 0 Å². The van der Waals surface area contributed by atoms with Crippen LogP contribution >= 0.6 is 0 Å². The summed E-state index contributed by atoms with van der Waals surface area (Å²) in [6.07, 6.45) is 5.39. The van der Waals surface area contributed by atoms with Crippen molar-refractivity contribution in [3.05, 3.63) is 23.8 Å². The fraction of sp³-hybridized carbons (Fsp3) is 0.600. The first kappa shape index (κ1) is 13.2. The van der Waals surface area contributed by atoms with Crippen LogP contribution in [0.4, 0.5) is 0 Å². The van der Waals surface area contributed by atoms with Crippen molar-refractivity contribution in [1.82, 2.24) is 5.32 Å². The van der Waals surface area contributed by atoms with Crippen molar-refractivity contribution in [2.45, 2.75) is 45.2 Å². The topological polar surface area (TPSA) is 41.5 Å². The van der Waals surface area contributed by atoms with Crippen LogP contribution in [-0.4, -0.2) is 18.3 Å². The highest BCUT2D eigenvalue weighted by molar-refractivity contribution is 5.45. The molecule has 1 aliphatic carbocycles. The van der Waals surface area contributed by atoms with E-state index in [1.54, 1.807) is 13.2 Å². The standard InChI is InChI=1S/C15H23NO2/c1-11(12-6-3-4-7-12)16-10-13-8-5-9-14(18-2)15(13)17/h5,8-9,11-12,16-17H,3-4,6-7,10H2,1-2H3/t11-/m0/s1. The molecule has 1 saturated carbocycles. The van der Waals surface area contributed by atoms with Crippen molar-refractivity contribution in [2.75, 3.05) is 7.11 Å². The Hall–Kier alpha value is -1.22. The van der Waals surface area contributed by atoms with Gasteiger partial charge in [-0.2, -0.15) is 0 Å². The minimum absolute atomic E-state index is 0.256. The summed E-state index contributed by atoms with van der Waals surface area (Å²) in [6.45, 7) is 2.94. The third-order valence-corrected chi connectivity index (χ3v) is 4.02. The van der Waals surface area contributed by atoms with Gasteiger partial charge in [-0.3, -0.25) is 0 Å². The van der Waals surface area contributed by atoms with Gasteiger partial charge in [0.05, 0.1) is 7.11 Å². The molecule has 0 spiro atoms. The van der Waals surface area contributed by atoms with Crippen molar-refractivity contribution in [1.29, 1.82) is 0 Å². The van der Waals surface area contributed by atoms with Crippen molar-refractivity contribution in [2.24, 2.45) is 5.92 Å². The molecule has 1 aromatic rings. The van der Waals surface area contributed by atoms with E-state index in [-0.39, 0.29) is 5.75 Å². The third kappa shape index (κ3) is 2.96. The molecule has 0 radical (unpaired) electrons. The first-order chi connectivity index (χ1) is 8.72. The van der Waals surface area contributed by atoms with Crippen LogP contribution in [0.5, 0.6) is 11.5 Å². The van der Waals surface area contributed by atoms with Crippen LogP contribution in [0.3, 0.4) is 0 Å². The van der Waals surface area contributed by atoms with Crippen molar-refractivity contribution in [3.8, 4) is 11.5 Å². The Balaban J connectivity index is 1.93. The van der Waals surface area contributed by atoms with Gasteiger partial charge in [0.1, 0.15) is 0 Å². The van der Waals surface area contributed by atoms with Gasteiger partial charge in [-0.15, -0.1) is 0 Å². The molecule has 1 atom stereocenters. The number of methoxy groups -OCH3 is 1. The van der Waals surface area contributed by atoms with E-state index in [0.29, 0.717) is 18.3 Å². The lowest BCUT2D eigenvalue weighted by atomic mass is 9.99. The summed E-state index contributed by atoms with van der Waals surface area (Å²) in [7, 11) is 1.58. The largest absolute Gasteiger partial charge is 0.504 e. The summed E-state index contributed by atoms with van der Waals surface area (Å²) in [5.74, 6) is 1.59. The number of ether oxygens (including phenoxy) is 1. The molecular formula is C15H23NO2. The van der Waals surface area contributed by atoms with E-state index in [1.807, 2.05) is 12.1 Å². The molecular weight excluding hydrogens is 226 g/mol. The van der Waals surface area contributed by atoms with Gasteiger partial charge >= 0.3 is 0 Å². The van der Waals surface area contributed by atoms with E-state index in [1.165, 1.54) is 25.7 Å². The van der Waals surface area contributed by atoms with Crippen LogP contribution in [0, 0.1) is 5.92 Å². The fourth-order valence-electron chi connectivity index (χ4n) is 2.77. The first-order valence-corrected chi connectivity index (χ1v) is 6.80. The number of phenolic OH excluding ortho intramolecular Hbond substituents is 1. The highest BCUT2D eigenvalue weighted by Crippen LogP contribution is 2.30. The Morgan fingerprint density at radius 3 is 2.78 bits per heavy atom. The Morgan fingerprint density at radius 1 is 1.39 bits per heavy atom. The van der Waals surface area contributed by atoms with Crippen molar-refractivity contribution >= 4 is 0 Å². The molecule has 0 unspecified atom stereocenters. The molecule has 2 rings (SSSR count). The number of para-hydroxylation sites is 1. The summed E-state index contributed by atoms with van der Waals surface area (Å²) >= 11 is 0. The van der Waals surface area contributed by atoms with Gasteiger partial charge in [0.25, 0.3) is 0 Å². The molecule has 3 nitrogen and oxygen atoms in total. The molecule has 0 heterocycles. The van der Waals surface area contributed by atoms with Crippen molar-refractivity contribution in [3.63, 3.8) is 0 Å². The molecule has 0 aliphatic heterocycles. The minimum Gasteiger partial charge on any atom is -0.504 e. The average Bonchev–Trinajstić information content (AvgIpc) is 2.91. The predicted molar refractivity (Wildman–Crippen MR) is 72.9 cm³/mol. The maximum Gasteiger partial charge on any atom is 0.162 e. The lowest BCUT2D eigenvalue weighted by molar-refractivity contribution is 0.359. The van der Waals surface area contributed by atoms with Crippen LogP contribution in [-0.2, 0) is 6.54 Å². The number of rotatable bonds is 5. The number of hydrogen-bond donors (Lipinski definition) is 2. The second-order valence-corrected chi connectivity index (χ2v) is 5.18. The van der Waals surface area contributed by atoms with E-state index in [2.05, 4.69) is 12.2 Å². The van der Waals surface area contributed by atoms with Gasteiger partial charge in [-0.05, 0) is 31.7 Å². The molecule has 3 heteroatoms. The number of phenols is 1. The zero-order valence-corrected chi connectivity index (χ0v) is 11.3. The van der Waals surface area contributed by atoms with Crippen LogP contribution < -0.4 is 10.1 Å². The SMILES string of the molecule is COc1cccc(CN[C@@H](C)C2CCCC2)c1O. The normalized spacial score (nSPS) is 17.9. The predicted octanol–water partition coefficient (Wildman–Crippen LogP) is 3.07. The van der Waals surface area contributed by atoms with Gasteiger partial charge in [0.15, 0.2) is 11.5 Å². The summed E-state index contributed by atoms with van der Waals surface area (Å²) in [5.41, 5.74) is 0.902. The quantitative estimate of drug-likeness (QED) is 0.842. The highest BCUT2D eigenvalue weighted by atomic mass is 16.5. The summed E-state index contributed by atoms with van der Waals surface area (Å²) in [5, 5.41) is 13.5. The minimum atomic E-state index is 0.256. The summed E-state index contributed by atoms with van der Waals surface area (Å²) in [6, 6.07) is 6.14. The zero-order valence-electron chi connectivity index (χ0n) is 11.3. The lowest BCUT2D eigenvalue weighted by Crippen LogP contribution is -2.31. The fourth-order valence-corrected chi connectivity index (χ4v) is 2.77. The van der Waals surface area contributed by atoms with Crippen LogP contribution in [0.15, 0.2) is 18.2 Å². The lowest BCUT2D eigenvalue weighted by Gasteiger charge is -2.21. The van der Waals surface area contributed by atoms with Gasteiger partial charge in [0, 0.05) is 18.2 Å². The Labute approximate surface area is 109 Å². The Morgan fingerprint density at radius 2 is 2.11 bits per heavy atom. The number of hydrogen-bond acceptors (Lipinski definition) is 3. The van der Waals surface area contributed by atoms with Gasteiger partial charge in [-0.1, -0.05) is 25.0 Å². The van der Waals surface area contributed by atoms with E-state index in [0.717, 1.165) is 11.5 Å². The zero-order chi connectivity index (χ0) is 13.0. The van der Waals surface area contributed by atoms with Crippen molar-refractivity contribution < 1.29 is 9.84 Å². The maximum absolute atomic E-state index is 10.0. The summed E-state index contributed by atoms with van der Waals surface area (Å²) < 4.78 is 5.11. The monoisotopic (exact) mass is 249 g/mol. The number of benzene rings is 1. The Kier molecular flexibility index (Phi) is 4.48. The summed E-state index contributed by atoms with van der Waals surface area (Å²) in [4.78, 5) is 0. The molecule has 2 N–H and O–H groups in total. The van der Waals surface area contributed by atoms with Gasteiger partial charge in [-0.25, -0.2) is 0 Å². The first-order valence-electron chi connectivity index (χ1n) is 6.80. The number of nitrogens with one attached hydrogen (secondary N) is 1. The highest BCUT2D eigenvalue weighted by Gasteiger charge is 2.21. The Bertz CT molecular complexity index is 386. The molecule has 100 valence electrons. The van der Waals surface area contributed by atoms with E-state index in [9.17, 15) is 5.11 Å². The molecule has 1 aromatic carbocycles. The van der Waals surface area contributed by atoms with Gasteiger partial charge < -0.3 is 15.2 Å². The maximum atomic E-state index is 10.0. The van der Waals surface area contributed by atoms with E-state index >= 15 is 0 Å². The molecule has 0 bridgehead atoms. The smallest absolute Gasteiger partial charge is 0.162 e. The number of aromatic hydroxyl groups is 1. The van der Waals surface area contributed by atoms with E-state index in [4.69, 9.17) is 4.74 Å². The van der Waals surface area contributed by atoms with E-state index < -0.39 is 0 Å². The second-order valence-electron chi connectivity index (χ2n) is 5.18. The molecule has 18 heavy (non-hydrogen) atoms. The molecule has 0 saturated heterocycles. The molecule has 0 amide bonds. The van der Waals surface area contributed by atoms with Crippen LogP contribution in [0.1, 0.15) is 38.2 Å². The molecule has 1 aliphatic rings. The third-order valence-electron chi connectivity index (χ3n) is 4.02. The van der Waals surface area contributed by atoms with Gasteiger partial charge in [0.2, 0.25) is 0 Å². The second kappa shape index (κ2) is 6.10. The average molecular weight is 249 g/mol.